The molecule has 8 nitrogen and oxygen atoms in total. The van der Waals surface area contributed by atoms with Gasteiger partial charge in [0.15, 0.2) is 0 Å². The summed E-state index contributed by atoms with van der Waals surface area (Å²) in [4.78, 5) is 28.7. The summed E-state index contributed by atoms with van der Waals surface area (Å²) in [6.07, 6.45) is 5.48. The van der Waals surface area contributed by atoms with E-state index in [1.807, 2.05) is 23.9 Å². The van der Waals surface area contributed by atoms with Crippen molar-refractivity contribution in [2.45, 2.75) is 38.5 Å². The zero-order valence-corrected chi connectivity index (χ0v) is 21.1. The fraction of sp³-hybridized carbons (Fsp3) is 0.917. The number of rotatable bonds is 13. The zero-order valence-electron chi connectivity index (χ0n) is 21.1. The second-order valence-electron chi connectivity index (χ2n) is 10.4. The summed E-state index contributed by atoms with van der Waals surface area (Å²) >= 11 is 0. The van der Waals surface area contributed by atoms with E-state index in [1.165, 1.54) is 0 Å². The molecule has 2 amide bonds. The van der Waals surface area contributed by atoms with Crippen molar-refractivity contribution in [3.05, 3.63) is 0 Å². The normalized spacial score (nSPS) is 20.0. The van der Waals surface area contributed by atoms with Gasteiger partial charge in [-0.15, -0.1) is 0 Å². The highest BCUT2D eigenvalue weighted by Gasteiger charge is 2.27. The van der Waals surface area contributed by atoms with Crippen LogP contribution in [-0.2, 0) is 19.1 Å². The number of hydrogen-bond donors (Lipinski definition) is 0. The van der Waals surface area contributed by atoms with Gasteiger partial charge in [0.05, 0.1) is 66.5 Å². The molecular formula is C24H48N4O4+2. The van der Waals surface area contributed by atoms with Gasteiger partial charge < -0.3 is 28.2 Å². The fourth-order valence-corrected chi connectivity index (χ4v) is 4.43. The second-order valence-corrected chi connectivity index (χ2v) is 10.4. The SMILES string of the molecule is CN(CCCCCCN(C)C(=O)CC[N+]1(C)CCOCC1)C(=O)CC[N+]1(C)CCOCC1. The minimum atomic E-state index is 0.248. The van der Waals surface area contributed by atoms with Gasteiger partial charge >= 0.3 is 0 Å². The number of amides is 2. The van der Waals surface area contributed by atoms with Crippen molar-refractivity contribution in [1.82, 2.24) is 9.80 Å². The minimum Gasteiger partial charge on any atom is -0.370 e. The number of hydrogen-bond acceptors (Lipinski definition) is 4. The Labute approximate surface area is 195 Å². The summed E-state index contributed by atoms with van der Waals surface area (Å²) < 4.78 is 12.8. The molecule has 0 unspecified atom stereocenters. The van der Waals surface area contributed by atoms with Crippen LogP contribution in [0.3, 0.4) is 0 Å². The highest BCUT2D eigenvalue weighted by molar-refractivity contribution is 5.76. The molecule has 0 spiro atoms. The van der Waals surface area contributed by atoms with Gasteiger partial charge in [0.2, 0.25) is 11.8 Å². The van der Waals surface area contributed by atoms with Gasteiger partial charge in [-0.2, -0.15) is 0 Å². The molecule has 8 heteroatoms. The molecular weight excluding hydrogens is 408 g/mol. The number of carbonyl (C=O) groups excluding carboxylic acids is 2. The largest absolute Gasteiger partial charge is 0.370 e. The lowest BCUT2D eigenvalue weighted by molar-refractivity contribution is -0.916. The van der Waals surface area contributed by atoms with E-state index in [0.29, 0.717) is 12.8 Å². The van der Waals surface area contributed by atoms with Crippen molar-refractivity contribution in [2.24, 2.45) is 0 Å². The highest BCUT2D eigenvalue weighted by Crippen LogP contribution is 2.11. The van der Waals surface area contributed by atoms with Gasteiger partial charge in [-0.1, -0.05) is 12.8 Å². The van der Waals surface area contributed by atoms with Crippen LogP contribution in [0, 0.1) is 0 Å². The summed E-state index contributed by atoms with van der Waals surface area (Å²) in [6, 6.07) is 0. The topological polar surface area (TPSA) is 59.1 Å². The smallest absolute Gasteiger partial charge is 0.227 e. The zero-order chi connectivity index (χ0) is 23.5. The lowest BCUT2D eigenvalue weighted by Crippen LogP contribution is -2.53. The van der Waals surface area contributed by atoms with Gasteiger partial charge in [-0.3, -0.25) is 9.59 Å². The summed E-state index contributed by atoms with van der Waals surface area (Å²) in [7, 11) is 8.29. The van der Waals surface area contributed by atoms with E-state index in [0.717, 1.165) is 113 Å². The van der Waals surface area contributed by atoms with E-state index in [1.54, 1.807) is 0 Å². The Morgan fingerprint density at radius 2 is 1.00 bits per heavy atom. The third kappa shape index (κ3) is 9.73. The Hall–Kier alpha value is -1.22. The first-order chi connectivity index (χ1) is 15.2. The molecule has 2 heterocycles. The Kier molecular flexibility index (Phi) is 11.4. The Morgan fingerprint density at radius 1 is 0.656 bits per heavy atom. The molecule has 186 valence electrons. The van der Waals surface area contributed by atoms with Crippen LogP contribution in [0.15, 0.2) is 0 Å². The maximum absolute atomic E-state index is 12.4. The van der Waals surface area contributed by atoms with Crippen molar-refractivity contribution in [3.8, 4) is 0 Å². The quantitative estimate of drug-likeness (QED) is 0.309. The summed E-state index contributed by atoms with van der Waals surface area (Å²) in [5.74, 6) is 0.496. The number of nitrogens with zero attached hydrogens (tertiary/aromatic N) is 4. The summed E-state index contributed by atoms with van der Waals surface area (Å²) in [6.45, 7) is 10.7. The molecule has 2 rings (SSSR count). The number of likely N-dealkylation sites (N-methyl/N-ethyl adjacent to an activating group) is 2. The van der Waals surface area contributed by atoms with Crippen molar-refractivity contribution >= 4 is 11.8 Å². The van der Waals surface area contributed by atoms with E-state index in [9.17, 15) is 9.59 Å². The third-order valence-corrected chi connectivity index (χ3v) is 7.42. The van der Waals surface area contributed by atoms with E-state index in [2.05, 4.69) is 14.1 Å². The Morgan fingerprint density at radius 3 is 1.34 bits per heavy atom. The average molecular weight is 457 g/mol. The van der Waals surface area contributed by atoms with E-state index < -0.39 is 0 Å². The maximum Gasteiger partial charge on any atom is 0.227 e. The van der Waals surface area contributed by atoms with Gasteiger partial charge in [0, 0.05) is 27.2 Å². The van der Waals surface area contributed by atoms with Crippen LogP contribution in [0.1, 0.15) is 38.5 Å². The predicted octanol–water partition coefficient (Wildman–Crippen LogP) is 1.20. The van der Waals surface area contributed by atoms with Crippen molar-refractivity contribution in [1.29, 1.82) is 0 Å². The first kappa shape index (κ1) is 27.0. The summed E-state index contributed by atoms with van der Waals surface area (Å²) in [5, 5.41) is 0. The number of quaternary nitrogens is 2. The highest BCUT2D eigenvalue weighted by atomic mass is 16.5. The maximum atomic E-state index is 12.4. The van der Waals surface area contributed by atoms with Crippen LogP contribution in [0.4, 0.5) is 0 Å². The monoisotopic (exact) mass is 456 g/mol. The summed E-state index contributed by atoms with van der Waals surface area (Å²) in [5.41, 5.74) is 0. The molecule has 0 atom stereocenters. The Bertz CT molecular complexity index is 524. The second kappa shape index (κ2) is 13.5. The number of ether oxygens (including phenoxy) is 2. The lowest BCUT2D eigenvalue weighted by atomic mass is 10.1. The van der Waals surface area contributed by atoms with Gasteiger partial charge in [-0.05, 0) is 12.8 Å². The molecule has 0 bridgehead atoms. The molecule has 0 N–H and O–H groups in total. The molecule has 2 aliphatic rings. The molecule has 2 saturated heterocycles. The number of unbranched alkanes of at least 4 members (excludes halogenated alkanes) is 3. The van der Waals surface area contributed by atoms with Crippen LogP contribution in [0.25, 0.3) is 0 Å². The van der Waals surface area contributed by atoms with Crippen molar-refractivity contribution in [3.63, 3.8) is 0 Å². The molecule has 2 aliphatic heterocycles. The van der Waals surface area contributed by atoms with Crippen LogP contribution in [0.5, 0.6) is 0 Å². The molecule has 0 aliphatic carbocycles. The molecule has 0 aromatic rings. The molecule has 2 fully saturated rings. The Balaban J connectivity index is 1.49. The van der Waals surface area contributed by atoms with Gasteiger partial charge in [-0.25, -0.2) is 0 Å². The number of carbonyl (C=O) groups is 2. The predicted molar refractivity (Wildman–Crippen MR) is 126 cm³/mol. The van der Waals surface area contributed by atoms with E-state index in [-0.39, 0.29) is 11.8 Å². The third-order valence-electron chi connectivity index (χ3n) is 7.42. The lowest BCUT2D eigenvalue weighted by Gasteiger charge is -2.37. The average Bonchev–Trinajstić information content (AvgIpc) is 2.79. The standard InChI is InChI=1S/C24H48N4O4/c1-25(23(29)9-13-27(3)15-19-31-20-16-27)11-7-5-6-8-12-26(2)24(30)10-14-28(4)17-21-32-22-18-28/h5-22H2,1-4H3/q+2. The fourth-order valence-electron chi connectivity index (χ4n) is 4.43. The molecule has 0 aromatic heterocycles. The number of morpholine rings is 2. The van der Waals surface area contributed by atoms with Gasteiger partial charge in [0.25, 0.3) is 0 Å². The van der Waals surface area contributed by atoms with E-state index >= 15 is 0 Å². The first-order valence-electron chi connectivity index (χ1n) is 12.5. The van der Waals surface area contributed by atoms with Crippen LogP contribution >= 0.6 is 0 Å². The van der Waals surface area contributed by atoms with Gasteiger partial charge in [0.1, 0.15) is 26.2 Å². The van der Waals surface area contributed by atoms with Crippen LogP contribution < -0.4 is 0 Å². The molecule has 0 aromatic carbocycles. The molecule has 0 saturated carbocycles. The van der Waals surface area contributed by atoms with Crippen molar-refractivity contribution in [2.75, 3.05) is 107 Å². The molecule has 0 radical (unpaired) electrons. The first-order valence-corrected chi connectivity index (χ1v) is 12.5. The molecule has 32 heavy (non-hydrogen) atoms. The minimum absolute atomic E-state index is 0.248. The van der Waals surface area contributed by atoms with Crippen molar-refractivity contribution < 1.29 is 28.0 Å². The van der Waals surface area contributed by atoms with Crippen LogP contribution in [0.2, 0.25) is 0 Å². The van der Waals surface area contributed by atoms with E-state index in [4.69, 9.17) is 9.47 Å². The van der Waals surface area contributed by atoms with Crippen LogP contribution in [-0.4, -0.2) is 138 Å².